The minimum Gasteiger partial charge on any atom is -0.340 e. The molecule has 2 saturated heterocycles. The number of hydrogen-bond acceptors (Lipinski definition) is 4. The largest absolute Gasteiger partial charge is 0.340 e. The Bertz CT molecular complexity index is 691. The molecule has 3 amide bonds. The molecule has 4 rings (SSSR count). The lowest BCUT2D eigenvalue weighted by atomic mass is 10.0. The third kappa shape index (κ3) is 3.56. The lowest BCUT2D eigenvalue weighted by Gasteiger charge is -2.18. The van der Waals surface area contributed by atoms with E-state index in [4.69, 9.17) is 0 Å². The summed E-state index contributed by atoms with van der Waals surface area (Å²) in [5.41, 5.74) is 3.61. The molecule has 1 aliphatic carbocycles. The van der Waals surface area contributed by atoms with Crippen LogP contribution in [0, 0.1) is 0 Å². The Morgan fingerprint density at radius 3 is 3.08 bits per heavy atom. The van der Waals surface area contributed by atoms with Crippen LogP contribution in [-0.4, -0.2) is 57.2 Å². The normalized spacial score (nSPS) is 26.3. The minimum absolute atomic E-state index is 0.0352. The van der Waals surface area contributed by atoms with E-state index < -0.39 is 0 Å². The summed E-state index contributed by atoms with van der Waals surface area (Å²) >= 11 is 1.93. The van der Waals surface area contributed by atoms with Crippen molar-refractivity contribution in [1.29, 1.82) is 0 Å². The van der Waals surface area contributed by atoms with Crippen molar-refractivity contribution >= 4 is 23.7 Å². The lowest BCUT2D eigenvalue weighted by Crippen LogP contribution is -2.36. The molecule has 8 heteroatoms. The summed E-state index contributed by atoms with van der Waals surface area (Å²) < 4.78 is 0. The first-order valence-corrected chi connectivity index (χ1v) is 10.6. The number of fused-ring (bicyclic) bond motifs is 2. The van der Waals surface area contributed by atoms with Crippen LogP contribution in [0.2, 0.25) is 0 Å². The van der Waals surface area contributed by atoms with E-state index in [-0.39, 0.29) is 24.0 Å². The van der Waals surface area contributed by atoms with Gasteiger partial charge in [0.1, 0.15) is 0 Å². The lowest BCUT2D eigenvalue weighted by molar-refractivity contribution is -0.130. The van der Waals surface area contributed by atoms with Crippen molar-refractivity contribution in [2.45, 2.75) is 68.8 Å². The monoisotopic (exact) mass is 377 g/mol. The highest BCUT2D eigenvalue weighted by Crippen LogP contribution is 2.33. The molecular formula is C18H27N5O2S. The number of aromatic amines is 1. The summed E-state index contributed by atoms with van der Waals surface area (Å²) in [4.78, 5) is 25.6. The van der Waals surface area contributed by atoms with Gasteiger partial charge in [-0.15, -0.1) is 0 Å². The van der Waals surface area contributed by atoms with Gasteiger partial charge in [-0.2, -0.15) is 16.9 Å². The highest BCUT2D eigenvalue weighted by Gasteiger charge is 2.42. The number of H-pyrrole nitrogens is 1. The van der Waals surface area contributed by atoms with Gasteiger partial charge in [0.05, 0.1) is 24.3 Å². The number of thioether (sulfide) groups is 1. The number of aromatic nitrogens is 2. The Morgan fingerprint density at radius 1 is 1.31 bits per heavy atom. The first-order chi connectivity index (χ1) is 12.6. The third-order valence-corrected chi connectivity index (χ3v) is 7.28. The van der Waals surface area contributed by atoms with E-state index in [1.54, 1.807) is 4.90 Å². The van der Waals surface area contributed by atoms with E-state index in [2.05, 4.69) is 20.8 Å². The standard InChI is InChI=1S/C18H27N5O2S/c1-23(9-13-11-5-4-6-12(11)21-22-13)16(24)8-3-2-7-15-17-14(10-26-15)19-18(25)20-17/h14-15,17H,2-10H2,1H3,(H,21,22)(H2,19,20,25)/t14-,15-,17-/m0/s1. The number of carbonyl (C=O) groups excluding carboxylic acids is 2. The van der Waals surface area contributed by atoms with Crippen LogP contribution in [0.1, 0.15) is 49.1 Å². The highest BCUT2D eigenvalue weighted by molar-refractivity contribution is 8.00. The van der Waals surface area contributed by atoms with Gasteiger partial charge in [0.25, 0.3) is 0 Å². The summed E-state index contributed by atoms with van der Waals surface area (Å²) in [6, 6.07) is 0.500. The van der Waals surface area contributed by atoms with Gasteiger partial charge in [0.2, 0.25) is 5.91 Å². The number of hydrogen-bond donors (Lipinski definition) is 3. The van der Waals surface area contributed by atoms with Crippen molar-refractivity contribution < 1.29 is 9.59 Å². The summed E-state index contributed by atoms with van der Waals surface area (Å²) in [6.45, 7) is 0.602. The first-order valence-electron chi connectivity index (χ1n) is 9.59. The van der Waals surface area contributed by atoms with E-state index in [0.29, 0.717) is 18.2 Å². The van der Waals surface area contributed by atoms with Gasteiger partial charge < -0.3 is 15.5 Å². The predicted molar refractivity (Wildman–Crippen MR) is 101 cm³/mol. The van der Waals surface area contributed by atoms with Gasteiger partial charge in [0, 0.05) is 30.2 Å². The van der Waals surface area contributed by atoms with Gasteiger partial charge in [-0.25, -0.2) is 4.79 Å². The maximum Gasteiger partial charge on any atom is 0.315 e. The molecule has 3 N–H and O–H groups in total. The van der Waals surface area contributed by atoms with Crippen LogP contribution in [0.3, 0.4) is 0 Å². The van der Waals surface area contributed by atoms with Crippen LogP contribution in [0.15, 0.2) is 0 Å². The van der Waals surface area contributed by atoms with Crippen LogP contribution in [0.4, 0.5) is 4.79 Å². The summed E-state index contributed by atoms with van der Waals surface area (Å²) in [6.07, 6.45) is 6.90. The number of aryl methyl sites for hydroxylation is 1. The molecule has 1 aromatic heterocycles. The summed E-state index contributed by atoms with van der Waals surface area (Å²) in [7, 11) is 1.87. The summed E-state index contributed by atoms with van der Waals surface area (Å²) in [5, 5.41) is 14.0. The number of carbonyl (C=O) groups is 2. The Labute approximate surface area is 158 Å². The van der Waals surface area contributed by atoms with Crippen molar-refractivity contribution in [3.8, 4) is 0 Å². The smallest absolute Gasteiger partial charge is 0.315 e. The number of nitrogens with zero attached hydrogens (tertiary/aromatic N) is 2. The van der Waals surface area contributed by atoms with Gasteiger partial charge in [-0.1, -0.05) is 6.42 Å². The van der Waals surface area contributed by atoms with Crippen molar-refractivity contribution in [1.82, 2.24) is 25.7 Å². The van der Waals surface area contributed by atoms with Crippen LogP contribution in [0.25, 0.3) is 0 Å². The molecule has 3 aliphatic rings. The maximum atomic E-state index is 12.4. The second kappa shape index (κ2) is 7.50. The number of unbranched alkanes of at least 4 members (excludes halogenated alkanes) is 1. The van der Waals surface area contributed by atoms with Crippen LogP contribution in [0.5, 0.6) is 0 Å². The van der Waals surface area contributed by atoms with Crippen LogP contribution >= 0.6 is 11.8 Å². The fraction of sp³-hybridized carbons (Fsp3) is 0.722. The number of urea groups is 1. The van der Waals surface area contributed by atoms with Crippen molar-refractivity contribution in [2.24, 2.45) is 0 Å². The molecule has 26 heavy (non-hydrogen) atoms. The van der Waals surface area contributed by atoms with Gasteiger partial charge in [0.15, 0.2) is 0 Å². The number of nitrogens with one attached hydrogen (secondary N) is 3. The van der Waals surface area contributed by atoms with E-state index in [9.17, 15) is 9.59 Å². The topological polar surface area (TPSA) is 90.1 Å². The second-order valence-corrected chi connectivity index (χ2v) is 8.87. The van der Waals surface area contributed by atoms with Crippen LogP contribution < -0.4 is 10.6 Å². The van der Waals surface area contributed by atoms with Crippen molar-refractivity contribution in [3.05, 3.63) is 17.0 Å². The molecule has 0 saturated carbocycles. The SMILES string of the molecule is CN(Cc1n[nH]c2c1CCC2)C(=O)CCCC[C@@H]1SC[C@@H]2NC(=O)N[C@@H]21. The highest BCUT2D eigenvalue weighted by atomic mass is 32.2. The molecule has 0 unspecified atom stereocenters. The van der Waals surface area contributed by atoms with Crippen molar-refractivity contribution in [3.63, 3.8) is 0 Å². The van der Waals surface area contributed by atoms with Gasteiger partial charge >= 0.3 is 6.03 Å². The van der Waals surface area contributed by atoms with E-state index in [0.717, 1.165) is 43.6 Å². The van der Waals surface area contributed by atoms with Crippen LogP contribution in [-0.2, 0) is 24.2 Å². The molecule has 0 bridgehead atoms. The molecule has 0 spiro atoms. The zero-order chi connectivity index (χ0) is 18.1. The van der Waals surface area contributed by atoms with E-state index in [1.807, 2.05) is 18.8 Å². The Kier molecular flexibility index (Phi) is 5.11. The summed E-state index contributed by atoms with van der Waals surface area (Å²) in [5.74, 6) is 1.18. The molecule has 7 nitrogen and oxygen atoms in total. The van der Waals surface area contributed by atoms with Gasteiger partial charge in [-0.05, 0) is 37.7 Å². The molecule has 3 heterocycles. The predicted octanol–water partition coefficient (Wildman–Crippen LogP) is 1.58. The first kappa shape index (κ1) is 17.7. The third-order valence-electron chi connectivity index (χ3n) is 5.77. The molecule has 0 radical (unpaired) electrons. The minimum atomic E-state index is -0.0352. The Balaban J connectivity index is 1.17. The molecular weight excluding hydrogens is 350 g/mol. The van der Waals surface area contributed by atoms with Crippen molar-refractivity contribution in [2.75, 3.05) is 12.8 Å². The Hall–Kier alpha value is -1.70. The number of amides is 3. The van der Waals surface area contributed by atoms with Gasteiger partial charge in [-0.3, -0.25) is 9.89 Å². The average molecular weight is 378 g/mol. The second-order valence-electron chi connectivity index (χ2n) is 7.60. The van der Waals surface area contributed by atoms with E-state index in [1.165, 1.54) is 17.7 Å². The molecule has 2 fully saturated rings. The molecule has 142 valence electrons. The molecule has 1 aromatic rings. The maximum absolute atomic E-state index is 12.4. The molecule has 3 atom stereocenters. The van der Waals surface area contributed by atoms with E-state index >= 15 is 0 Å². The fourth-order valence-electron chi connectivity index (χ4n) is 4.29. The fourth-order valence-corrected chi connectivity index (χ4v) is 5.83. The molecule has 0 aromatic carbocycles. The molecule has 2 aliphatic heterocycles. The number of rotatable bonds is 7. The zero-order valence-electron chi connectivity index (χ0n) is 15.2. The quantitative estimate of drug-likeness (QED) is 0.497. The Morgan fingerprint density at radius 2 is 2.19 bits per heavy atom. The average Bonchev–Trinajstić information content (AvgIpc) is 3.35. The zero-order valence-corrected chi connectivity index (χ0v) is 16.0.